The predicted octanol–water partition coefficient (Wildman–Crippen LogP) is 1.21. The summed E-state index contributed by atoms with van der Waals surface area (Å²) in [5.74, 6) is 0. The molecule has 2 rings (SSSR count). The quantitative estimate of drug-likeness (QED) is 0.784. The van der Waals surface area contributed by atoms with Gasteiger partial charge in [-0.15, -0.1) is 0 Å². The molecular formula is C14H20N2O3S. The van der Waals surface area contributed by atoms with Crippen molar-refractivity contribution >= 4 is 16.3 Å². The molecule has 1 aromatic rings. The fourth-order valence-corrected chi connectivity index (χ4v) is 3.75. The number of aldehydes is 1. The molecule has 1 aliphatic heterocycles. The standard InChI is InChI=1S/C14H20N2O3S/c1-12(2)15-7-9-16(10-8-15)20(18,19)14-5-3-13(11-17)4-6-14/h3-6,11-12H,7-10H2,1-2H3. The normalized spacial score (nSPS) is 18.4. The summed E-state index contributed by atoms with van der Waals surface area (Å²) < 4.78 is 26.5. The van der Waals surface area contributed by atoms with E-state index < -0.39 is 10.0 Å². The molecule has 1 saturated heterocycles. The maximum Gasteiger partial charge on any atom is 0.243 e. The van der Waals surface area contributed by atoms with Crippen LogP contribution in [0.15, 0.2) is 29.2 Å². The number of sulfonamides is 1. The second-order valence-electron chi connectivity index (χ2n) is 5.22. The van der Waals surface area contributed by atoms with E-state index in [0.29, 0.717) is 31.0 Å². The van der Waals surface area contributed by atoms with E-state index in [-0.39, 0.29) is 4.90 Å². The zero-order valence-electron chi connectivity index (χ0n) is 11.8. The van der Waals surface area contributed by atoms with Crippen molar-refractivity contribution in [2.45, 2.75) is 24.8 Å². The fourth-order valence-electron chi connectivity index (χ4n) is 2.33. The molecule has 20 heavy (non-hydrogen) atoms. The molecule has 1 heterocycles. The second kappa shape index (κ2) is 6.03. The third kappa shape index (κ3) is 3.08. The second-order valence-corrected chi connectivity index (χ2v) is 7.16. The van der Waals surface area contributed by atoms with Gasteiger partial charge in [0.25, 0.3) is 0 Å². The van der Waals surface area contributed by atoms with Crippen molar-refractivity contribution in [3.05, 3.63) is 29.8 Å². The van der Waals surface area contributed by atoms with Crippen molar-refractivity contribution in [1.82, 2.24) is 9.21 Å². The lowest BCUT2D eigenvalue weighted by atomic mass is 10.2. The average Bonchev–Trinajstić information content (AvgIpc) is 2.47. The number of benzene rings is 1. The molecule has 0 N–H and O–H groups in total. The number of hydrogen-bond donors (Lipinski definition) is 0. The van der Waals surface area contributed by atoms with Crippen LogP contribution in [-0.4, -0.2) is 56.1 Å². The lowest BCUT2D eigenvalue weighted by Crippen LogP contribution is -2.50. The molecule has 1 fully saturated rings. The Morgan fingerprint density at radius 2 is 1.60 bits per heavy atom. The molecule has 5 nitrogen and oxygen atoms in total. The van der Waals surface area contributed by atoms with E-state index in [1.807, 2.05) is 0 Å². The highest BCUT2D eigenvalue weighted by atomic mass is 32.2. The van der Waals surface area contributed by atoms with Gasteiger partial charge in [0.1, 0.15) is 6.29 Å². The Morgan fingerprint density at radius 3 is 2.05 bits per heavy atom. The van der Waals surface area contributed by atoms with Gasteiger partial charge < -0.3 is 0 Å². The first kappa shape index (κ1) is 15.2. The summed E-state index contributed by atoms with van der Waals surface area (Å²) in [5, 5.41) is 0. The summed E-state index contributed by atoms with van der Waals surface area (Å²) in [6.45, 7) is 6.75. The number of carbonyl (C=O) groups is 1. The largest absolute Gasteiger partial charge is 0.298 e. The van der Waals surface area contributed by atoms with Crippen molar-refractivity contribution in [3.8, 4) is 0 Å². The topological polar surface area (TPSA) is 57.7 Å². The Labute approximate surface area is 120 Å². The predicted molar refractivity (Wildman–Crippen MR) is 77.3 cm³/mol. The fraction of sp³-hybridized carbons (Fsp3) is 0.500. The van der Waals surface area contributed by atoms with E-state index in [1.54, 1.807) is 0 Å². The molecule has 0 aliphatic carbocycles. The highest BCUT2D eigenvalue weighted by molar-refractivity contribution is 7.89. The summed E-state index contributed by atoms with van der Waals surface area (Å²) in [6, 6.07) is 6.49. The molecule has 110 valence electrons. The van der Waals surface area contributed by atoms with Gasteiger partial charge in [0.2, 0.25) is 10.0 Å². The molecule has 1 aromatic carbocycles. The molecule has 0 atom stereocenters. The Bertz CT molecular complexity index is 559. The summed E-state index contributed by atoms with van der Waals surface area (Å²) in [7, 11) is -3.45. The highest BCUT2D eigenvalue weighted by Gasteiger charge is 2.28. The number of hydrogen-bond acceptors (Lipinski definition) is 4. The third-order valence-electron chi connectivity index (χ3n) is 3.66. The molecule has 6 heteroatoms. The summed E-state index contributed by atoms with van der Waals surface area (Å²) in [4.78, 5) is 13.1. The van der Waals surface area contributed by atoms with Crippen LogP contribution in [0, 0.1) is 0 Å². The van der Waals surface area contributed by atoms with Crippen LogP contribution in [0.5, 0.6) is 0 Å². The van der Waals surface area contributed by atoms with Gasteiger partial charge in [0, 0.05) is 37.8 Å². The first-order chi connectivity index (χ1) is 9.45. The molecule has 1 aliphatic rings. The molecular weight excluding hydrogens is 276 g/mol. The first-order valence-electron chi connectivity index (χ1n) is 6.74. The molecule has 0 amide bonds. The maximum absolute atomic E-state index is 12.5. The van der Waals surface area contributed by atoms with Crippen LogP contribution < -0.4 is 0 Å². The zero-order chi connectivity index (χ0) is 14.8. The van der Waals surface area contributed by atoms with E-state index >= 15 is 0 Å². The van der Waals surface area contributed by atoms with Crippen LogP contribution in [0.3, 0.4) is 0 Å². The SMILES string of the molecule is CC(C)N1CCN(S(=O)(=O)c2ccc(C=O)cc2)CC1. The molecule has 0 saturated carbocycles. The van der Waals surface area contributed by atoms with Crippen LogP contribution >= 0.6 is 0 Å². The summed E-state index contributed by atoms with van der Waals surface area (Å²) >= 11 is 0. The Balaban J connectivity index is 2.13. The molecule has 0 unspecified atom stereocenters. The minimum Gasteiger partial charge on any atom is -0.298 e. The van der Waals surface area contributed by atoms with Crippen molar-refractivity contribution in [2.75, 3.05) is 26.2 Å². The van der Waals surface area contributed by atoms with E-state index in [1.165, 1.54) is 28.6 Å². The lowest BCUT2D eigenvalue weighted by molar-refractivity contribution is 0.112. The van der Waals surface area contributed by atoms with Gasteiger partial charge in [0.15, 0.2) is 0 Å². The van der Waals surface area contributed by atoms with Gasteiger partial charge in [-0.1, -0.05) is 12.1 Å². The monoisotopic (exact) mass is 296 g/mol. The highest BCUT2D eigenvalue weighted by Crippen LogP contribution is 2.18. The zero-order valence-corrected chi connectivity index (χ0v) is 12.6. The molecule has 0 aromatic heterocycles. The number of rotatable bonds is 4. The Morgan fingerprint density at radius 1 is 1.05 bits per heavy atom. The summed E-state index contributed by atoms with van der Waals surface area (Å²) in [5.41, 5.74) is 0.480. The molecule has 0 radical (unpaired) electrons. The average molecular weight is 296 g/mol. The summed E-state index contributed by atoms with van der Waals surface area (Å²) in [6.07, 6.45) is 0.706. The minimum atomic E-state index is -3.45. The number of nitrogens with zero attached hydrogens (tertiary/aromatic N) is 2. The van der Waals surface area contributed by atoms with E-state index in [2.05, 4.69) is 18.7 Å². The van der Waals surface area contributed by atoms with E-state index in [9.17, 15) is 13.2 Å². The first-order valence-corrected chi connectivity index (χ1v) is 8.18. The smallest absolute Gasteiger partial charge is 0.243 e. The van der Waals surface area contributed by atoms with Crippen LogP contribution in [0.4, 0.5) is 0 Å². The van der Waals surface area contributed by atoms with Gasteiger partial charge in [-0.2, -0.15) is 4.31 Å². The van der Waals surface area contributed by atoms with Gasteiger partial charge in [-0.25, -0.2) is 8.42 Å². The maximum atomic E-state index is 12.5. The van der Waals surface area contributed by atoms with Crippen LogP contribution in [0.2, 0.25) is 0 Å². The Hall–Kier alpha value is -1.24. The Kier molecular flexibility index (Phi) is 4.57. The van der Waals surface area contributed by atoms with Gasteiger partial charge in [-0.05, 0) is 26.0 Å². The van der Waals surface area contributed by atoms with Gasteiger partial charge >= 0.3 is 0 Å². The van der Waals surface area contributed by atoms with Gasteiger partial charge in [-0.3, -0.25) is 9.69 Å². The van der Waals surface area contributed by atoms with Gasteiger partial charge in [0.05, 0.1) is 4.90 Å². The van der Waals surface area contributed by atoms with Crippen molar-refractivity contribution < 1.29 is 13.2 Å². The minimum absolute atomic E-state index is 0.251. The van der Waals surface area contributed by atoms with Crippen molar-refractivity contribution in [2.24, 2.45) is 0 Å². The van der Waals surface area contributed by atoms with Crippen molar-refractivity contribution in [1.29, 1.82) is 0 Å². The lowest BCUT2D eigenvalue weighted by Gasteiger charge is -2.36. The van der Waals surface area contributed by atoms with Crippen LogP contribution in [0.25, 0.3) is 0 Å². The third-order valence-corrected chi connectivity index (χ3v) is 5.57. The van der Waals surface area contributed by atoms with Crippen LogP contribution in [-0.2, 0) is 10.0 Å². The van der Waals surface area contributed by atoms with E-state index in [0.717, 1.165) is 13.1 Å². The number of piperazine rings is 1. The van der Waals surface area contributed by atoms with Crippen molar-refractivity contribution in [3.63, 3.8) is 0 Å². The van der Waals surface area contributed by atoms with E-state index in [4.69, 9.17) is 0 Å². The number of carbonyl (C=O) groups excluding carboxylic acids is 1. The van der Waals surface area contributed by atoms with Crippen LogP contribution in [0.1, 0.15) is 24.2 Å². The molecule has 0 bridgehead atoms. The molecule has 0 spiro atoms.